The number of H-pyrrole nitrogens is 1. The number of rotatable bonds is 5. The Labute approximate surface area is 198 Å². The molecule has 3 N–H and O–H groups in total. The van der Waals surface area contributed by atoms with Gasteiger partial charge >= 0.3 is 6.09 Å². The van der Waals surface area contributed by atoms with Crippen molar-refractivity contribution in [3.63, 3.8) is 0 Å². The predicted molar refractivity (Wildman–Crippen MR) is 117 cm³/mol. The van der Waals surface area contributed by atoms with Crippen molar-refractivity contribution in [1.82, 2.24) is 31.2 Å². The normalized spacial score (nSPS) is 23.9. The molecule has 35 heavy (non-hydrogen) atoms. The van der Waals surface area contributed by atoms with Gasteiger partial charge in [0.2, 0.25) is 11.8 Å². The van der Waals surface area contributed by atoms with Crippen LogP contribution in [0.2, 0.25) is 0 Å². The minimum Gasteiger partial charge on any atom is -0.438 e. The first kappa shape index (κ1) is 23.0. The van der Waals surface area contributed by atoms with Gasteiger partial charge in [0.15, 0.2) is 17.2 Å². The van der Waals surface area contributed by atoms with Crippen LogP contribution in [0.3, 0.4) is 0 Å². The van der Waals surface area contributed by atoms with Crippen LogP contribution < -0.4 is 20.5 Å². The molecular formula is C21H24F2N8O4. The molecule has 1 aromatic carbocycles. The van der Waals surface area contributed by atoms with Crippen LogP contribution in [0.25, 0.3) is 0 Å². The molecule has 1 aromatic heterocycles. The zero-order valence-electron chi connectivity index (χ0n) is 18.9. The number of aromatic nitrogens is 3. The fourth-order valence-corrected chi connectivity index (χ4v) is 4.53. The average molecular weight is 490 g/mol. The molecule has 3 heterocycles. The summed E-state index contributed by atoms with van der Waals surface area (Å²) in [5.41, 5.74) is 2.40. The summed E-state index contributed by atoms with van der Waals surface area (Å²) >= 11 is 0. The Morgan fingerprint density at radius 2 is 2.03 bits per heavy atom. The van der Waals surface area contributed by atoms with E-state index in [2.05, 4.69) is 26.2 Å². The Bertz CT molecular complexity index is 1140. The summed E-state index contributed by atoms with van der Waals surface area (Å²) in [6, 6.07) is 1.88. The maximum atomic E-state index is 15.1. The van der Waals surface area contributed by atoms with Crippen LogP contribution >= 0.6 is 0 Å². The van der Waals surface area contributed by atoms with Gasteiger partial charge in [-0.1, -0.05) is 0 Å². The van der Waals surface area contributed by atoms with Crippen molar-refractivity contribution in [3.05, 3.63) is 35.7 Å². The lowest BCUT2D eigenvalue weighted by molar-refractivity contribution is -0.133. The Hall–Kier alpha value is -3.81. The number of hydrogen-bond acceptors (Lipinski definition) is 8. The number of benzene rings is 1. The fourth-order valence-electron chi connectivity index (χ4n) is 4.53. The minimum atomic E-state index is -0.868. The monoisotopic (exact) mass is 490 g/mol. The third kappa shape index (κ3) is 4.48. The number of carbonyl (C=O) groups excluding carboxylic acids is 3. The molecule has 1 saturated carbocycles. The van der Waals surface area contributed by atoms with Crippen molar-refractivity contribution in [2.24, 2.45) is 0 Å². The van der Waals surface area contributed by atoms with Gasteiger partial charge in [-0.25, -0.2) is 19.0 Å². The molecule has 12 nitrogen and oxygen atoms in total. The highest BCUT2D eigenvalue weighted by Crippen LogP contribution is 2.46. The number of anilines is 2. The largest absolute Gasteiger partial charge is 0.438 e. The molecule has 0 bridgehead atoms. The van der Waals surface area contributed by atoms with Gasteiger partial charge in [-0.05, 0) is 0 Å². The second-order valence-electron chi connectivity index (χ2n) is 8.81. The molecule has 5 rings (SSSR count). The first-order valence-corrected chi connectivity index (χ1v) is 11.2. The van der Waals surface area contributed by atoms with Gasteiger partial charge in [-0.2, -0.15) is 15.4 Å². The van der Waals surface area contributed by atoms with Crippen molar-refractivity contribution < 1.29 is 27.9 Å². The van der Waals surface area contributed by atoms with Crippen LogP contribution in [0.5, 0.6) is 0 Å². The van der Waals surface area contributed by atoms with E-state index in [0.29, 0.717) is 12.1 Å². The number of aromatic amines is 1. The molecule has 14 heteroatoms. The molecule has 2 aliphatic heterocycles. The van der Waals surface area contributed by atoms with E-state index in [1.54, 1.807) is 0 Å². The highest BCUT2D eigenvalue weighted by Gasteiger charge is 2.64. The third-order valence-electron chi connectivity index (χ3n) is 6.34. The smallest absolute Gasteiger partial charge is 0.415 e. The summed E-state index contributed by atoms with van der Waals surface area (Å²) in [5.74, 6) is -2.14. The summed E-state index contributed by atoms with van der Waals surface area (Å²) < 4.78 is 35.7. The number of halogens is 2. The Balaban J connectivity index is 1.26. The molecule has 1 spiro atoms. The maximum absolute atomic E-state index is 15.1. The lowest BCUT2D eigenvalue weighted by Gasteiger charge is -2.25. The molecule has 1 unspecified atom stereocenters. The van der Waals surface area contributed by atoms with Gasteiger partial charge in [0.05, 0.1) is 43.1 Å². The van der Waals surface area contributed by atoms with Crippen LogP contribution in [0.4, 0.5) is 25.0 Å². The van der Waals surface area contributed by atoms with Crippen molar-refractivity contribution in [3.8, 4) is 0 Å². The average Bonchev–Trinajstić information content (AvgIpc) is 3.07. The maximum Gasteiger partial charge on any atom is 0.415 e. The fraction of sp³-hybridized carbons (Fsp3) is 0.476. The summed E-state index contributed by atoms with van der Waals surface area (Å²) in [7, 11) is 0. The predicted octanol–water partition coefficient (Wildman–Crippen LogP) is 0.0826. The van der Waals surface area contributed by atoms with E-state index in [9.17, 15) is 14.4 Å². The van der Waals surface area contributed by atoms with Crippen LogP contribution in [0.1, 0.15) is 19.0 Å². The van der Waals surface area contributed by atoms with Crippen LogP contribution in [0.15, 0.2) is 18.3 Å². The standard InChI is InChI=1S/C21H24F2N8O4/c1-12(32)26-17-9-21(17)11-30(20(34)35-21)14-7-15(22)19(16(23)8-14)29-3-2-25-31(5-4-29)18(33)6-13-10-24-28-27-13/h7-8,10,17,25H,2-6,9,11H2,1H3,(H,26,32)(H,24,27,28)/t17?,21-/m1/s1. The van der Waals surface area contributed by atoms with Gasteiger partial charge in [0.25, 0.3) is 0 Å². The van der Waals surface area contributed by atoms with Crippen molar-refractivity contribution in [2.75, 3.05) is 42.5 Å². The van der Waals surface area contributed by atoms with Crippen molar-refractivity contribution >= 4 is 29.3 Å². The lowest BCUT2D eigenvalue weighted by Crippen LogP contribution is -2.44. The van der Waals surface area contributed by atoms with E-state index in [4.69, 9.17) is 4.74 Å². The zero-order valence-corrected chi connectivity index (χ0v) is 18.9. The molecule has 3 fully saturated rings. The summed E-state index contributed by atoms with van der Waals surface area (Å²) in [6.45, 7) is 2.39. The number of nitrogens with one attached hydrogen (secondary N) is 3. The Kier molecular flexibility index (Phi) is 5.75. The summed E-state index contributed by atoms with van der Waals surface area (Å²) in [5, 5.41) is 14.1. The van der Waals surface area contributed by atoms with E-state index in [1.165, 1.54) is 27.9 Å². The van der Waals surface area contributed by atoms with Gasteiger partial charge < -0.3 is 15.0 Å². The molecule has 2 aromatic rings. The van der Waals surface area contributed by atoms with Crippen LogP contribution in [0, 0.1) is 11.6 Å². The van der Waals surface area contributed by atoms with Gasteiger partial charge in [-0.3, -0.25) is 19.5 Å². The second kappa shape index (κ2) is 8.76. The zero-order chi connectivity index (χ0) is 24.7. The highest BCUT2D eigenvalue weighted by atomic mass is 19.1. The quantitative estimate of drug-likeness (QED) is 0.537. The number of hydrazine groups is 1. The Morgan fingerprint density at radius 1 is 1.26 bits per heavy atom. The first-order valence-electron chi connectivity index (χ1n) is 11.2. The van der Waals surface area contributed by atoms with E-state index < -0.39 is 23.3 Å². The van der Waals surface area contributed by atoms with E-state index >= 15 is 8.78 Å². The summed E-state index contributed by atoms with van der Waals surface area (Å²) in [6.07, 6.45) is 1.22. The lowest BCUT2D eigenvalue weighted by atomic mass is 10.2. The SMILES string of the molecule is CC(=O)NC1C[C@@]12CN(c1cc(F)c(N3CCNN(C(=O)Cc4cn[nH]n4)CC3)c(F)c1)C(=O)O2. The molecule has 3 aliphatic rings. The topological polar surface area (TPSA) is 136 Å². The van der Waals surface area contributed by atoms with E-state index in [-0.39, 0.29) is 68.4 Å². The summed E-state index contributed by atoms with van der Waals surface area (Å²) in [4.78, 5) is 38.9. The molecule has 1 aliphatic carbocycles. The van der Waals surface area contributed by atoms with Gasteiger partial charge in [0, 0.05) is 45.1 Å². The highest BCUT2D eigenvalue weighted by molar-refractivity contribution is 5.91. The number of nitrogens with zero attached hydrogens (tertiary/aromatic N) is 5. The number of hydrogen-bond donors (Lipinski definition) is 3. The molecule has 2 saturated heterocycles. The first-order chi connectivity index (χ1) is 16.8. The second-order valence-corrected chi connectivity index (χ2v) is 8.81. The number of amides is 3. The third-order valence-corrected chi connectivity index (χ3v) is 6.34. The van der Waals surface area contributed by atoms with Gasteiger partial charge in [-0.15, -0.1) is 0 Å². The van der Waals surface area contributed by atoms with Crippen molar-refractivity contribution in [2.45, 2.75) is 31.4 Å². The van der Waals surface area contributed by atoms with Crippen molar-refractivity contribution in [1.29, 1.82) is 0 Å². The molecular weight excluding hydrogens is 466 g/mol. The minimum absolute atomic E-state index is 0.0384. The van der Waals surface area contributed by atoms with Gasteiger partial charge in [0.1, 0.15) is 5.69 Å². The molecule has 186 valence electrons. The Morgan fingerprint density at radius 3 is 2.71 bits per heavy atom. The van der Waals surface area contributed by atoms with E-state index in [0.717, 1.165) is 12.1 Å². The number of carbonyl (C=O) groups is 3. The van der Waals surface area contributed by atoms with E-state index in [1.807, 2.05) is 0 Å². The van der Waals surface area contributed by atoms with Crippen LogP contribution in [-0.4, -0.2) is 82.7 Å². The number of ether oxygens (including phenoxy) is 1. The molecule has 0 radical (unpaired) electrons. The van der Waals surface area contributed by atoms with Crippen LogP contribution in [-0.2, 0) is 20.7 Å². The molecule has 3 amide bonds. The molecule has 2 atom stereocenters.